The van der Waals surface area contributed by atoms with Gasteiger partial charge in [0.2, 0.25) is 0 Å². The van der Waals surface area contributed by atoms with Gasteiger partial charge in [-0.15, -0.1) is 0 Å². The van der Waals surface area contributed by atoms with Gasteiger partial charge in [-0.25, -0.2) is 4.31 Å². The van der Waals surface area contributed by atoms with Crippen LogP contribution in [0.5, 0.6) is 0 Å². The molecule has 0 radical (unpaired) electrons. The molecule has 1 aliphatic carbocycles. The molecule has 1 fully saturated rings. The van der Waals surface area contributed by atoms with Gasteiger partial charge in [0.15, 0.2) is 0 Å². The van der Waals surface area contributed by atoms with Crippen molar-refractivity contribution in [2.75, 3.05) is 13.6 Å². The summed E-state index contributed by atoms with van der Waals surface area (Å²) < 4.78 is 22.1. The van der Waals surface area contributed by atoms with Crippen LogP contribution in [0.3, 0.4) is 0 Å². The molecule has 5 unspecified atom stereocenters. The van der Waals surface area contributed by atoms with Gasteiger partial charge >= 0.3 is 0 Å². The van der Waals surface area contributed by atoms with E-state index < -0.39 is 23.5 Å². The maximum atomic E-state index is 10.5. The van der Waals surface area contributed by atoms with E-state index in [4.69, 9.17) is 0 Å². The zero-order valence-corrected chi connectivity index (χ0v) is 9.45. The summed E-state index contributed by atoms with van der Waals surface area (Å²) in [5.41, 5.74) is 0. The first kappa shape index (κ1) is 12.4. The summed E-state index contributed by atoms with van der Waals surface area (Å²) >= 11 is 1.82. The van der Waals surface area contributed by atoms with Crippen LogP contribution >= 0.6 is 12.6 Å². The van der Waals surface area contributed by atoms with Crippen molar-refractivity contribution >= 4 is 23.9 Å². The highest BCUT2D eigenvalue weighted by Crippen LogP contribution is 2.30. The lowest BCUT2D eigenvalue weighted by molar-refractivity contribution is 0.0195. The molecule has 0 bridgehead atoms. The minimum atomic E-state index is -2.28. The summed E-state index contributed by atoms with van der Waals surface area (Å²) in [6, 6.07) is 0. The summed E-state index contributed by atoms with van der Waals surface area (Å²) in [7, 11) is 1.42. The van der Waals surface area contributed by atoms with Crippen LogP contribution < -0.4 is 0 Å². The van der Waals surface area contributed by atoms with Crippen LogP contribution in [-0.4, -0.2) is 54.3 Å². The maximum absolute atomic E-state index is 10.5. The second-order valence-electron chi connectivity index (χ2n) is 3.57. The van der Waals surface area contributed by atoms with Gasteiger partial charge in [0, 0.05) is 29.0 Å². The topological polar surface area (TPSA) is 83.8 Å². The third kappa shape index (κ3) is 2.68. The molecule has 0 amide bonds. The van der Waals surface area contributed by atoms with E-state index in [1.54, 1.807) is 0 Å². The summed E-state index contributed by atoms with van der Waals surface area (Å²) in [6.07, 6.45) is -1.23. The van der Waals surface area contributed by atoms with Crippen molar-refractivity contribution in [3.8, 4) is 0 Å². The first-order chi connectivity index (χ1) is 6.43. The second kappa shape index (κ2) is 4.91. The summed E-state index contributed by atoms with van der Waals surface area (Å²) in [4.78, 5) is 0. The van der Waals surface area contributed by atoms with Gasteiger partial charge in [-0.05, 0) is 13.5 Å². The molecule has 0 heterocycles. The van der Waals surface area contributed by atoms with E-state index in [-0.39, 0.29) is 17.7 Å². The predicted molar refractivity (Wildman–Crippen MR) is 54.4 cm³/mol. The largest absolute Gasteiger partial charge is 0.760 e. The molecule has 7 heteroatoms. The highest BCUT2D eigenvalue weighted by atomic mass is 32.2. The Morgan fingerprint density at radius 1 is 1.57 bits per heavy atom. The van der Waals surface area contributed by atoms with Crippen LogP contribution in [0.1, 0.15) is 6.42 Å². The zero-order chi connectivity index (χ0) is 10.9. The standard InChI is InChI=1S/C7H15NO4S2/c1-8(14(11)12)3-4-2-5(13)7(10)6(4)9/h4-7,9-10,13H,2-3H2,1H3,(H,11,12)/p-1. The molecule has 1 saturated carbocycles. The van der Waals surface area contributed by atoms with E-state index in [1.807, 2.05) is 0 Å². The third-order valence-electron chi connectivity index (χ3n) is 2.52. The molecule has 1 rings (SSSR count). The summed E-state index contributed by atoms with van der Waals surface area (Å²) in [5, 5.41) is 18.6. The number of aliphatic hydroxyl groups excluding tert-OH is 2. The van der Waals surface area contributed by atoms with E-state index in [9.17, 15) is 19.0 Å². The van der Waals surface area contributed by atoms with Crippen LogP contribution in [0.15, 0.2) is 0 Å². The molecular weight excluding hydrogens is 226 g/mol. The first-order valence-corrected chi connectivity index (χ1v) is 5.83. The van der Waals surface area contributed by atoms with Gasteiger partial charge in [-0.2, -0.15) is 12.6 Å². The minimum Gasteiger partial charge on any atom is -0.760 e. The van der Waals surface area contributed by atoms with Crippen molar-refractivity contribution in [1.29, 1.82) is 0 Å². The Morgan fingerprint density at radius 3 is 2.50 bits per heavy atom. The second-order valence-corrected chi connectivity index (χ2v) is 5.29. The van der Waals surface area contributed by atoms with E-state index in [0.717, 1.165) is 4.31 Å². The fraction of sp³-hybridized carbons (Fsp3) is 1.00. The third-order valence-corrected chi connectivity index (χ3v) is 3.69. The van der Waals surface area contributed by atoms with Crippen LogP contribution in [0, 0.1) is 5.92 Å². The molecule has 0 aromatic heterocycles. The molecule has 0 spiro atoms. The lowest BCUT2D eigenvalue weighted by Gasteiger charge is -2.24. The Labute approximate surface area is 90.9 Å². The van der Waals surface area contributed by atoms with Crippen molar-refractivity contribution in [3.63, 3.8) is 0 Å². The van der Waals surface area contributed by atoms with Gasteiger partial charge in [0.1, 0.15) is 0 Å². The Kier molecular flexibility index (Phi) is 4.35. The molecule has 84 valence electrons. The van der Waals surface area contributed by atoms with Crippen molar-refractivity contribution in [2.24, 2.45) is 5.92 Å². The van der Waals surface area contributed by atoms with Gasteiger partial charge < -0.3 is 14.8 Å². The normalized spacial score (nSPS) is 40.4. The Balaban J connectivity index is 2.51. The number of hydrogen-bond acceptors (Lipinski definition) is 5. The molecule has 5 nitrogen and oxygen atoms in total. The maximum Gasteiger partial charge on any atom is 0.0918 e. The van der Waals surface area contributed by atoms with Crippen molar-refractivity contribution in [2.45, 2.75) is 23.9 Å². The number of rotatable bonds is 3. The highest BCUT2D eigenvalue weighted by Gasteiger charge is 2.39. The van der Waals surface area contributed by atoms with Gasteiger partial charge in [0.25, 0.3) is 0 Å². The predicted octanol–water partition coefficient (Wildman–Crippen LogP) is -1.25. The first-order valence-electron chi connectivity index (χ1n) is 4.28. The SMILES string of the molecule is CN(CC1CC(S)C(O)C1O)S(=O)[O-]. The average Bonchev–Trinajstić information content (AvgIpc) is 2.33. The smallest absolute Gasteiger partial charge is 0.0918 e. The minimum absolute atomic E-state index is 0.214. The molecule has 5 atom stereocenters. The van der Waals surface area contributed by atoms with Crippen molar-refractivity contribution < 1.29 is 19.0 Å². The highest BCUT2D eigenvalue weighted by molar-refractivity contribution is 7.81. The monoisotopic (exact) mass is 240 g/mol. The van der Waals surface area contributed by atoms with Crippen molar-refractivity contribution in [1.82, 2.24) is 4.31 Å². The molecule has 0 saturated heterocycles. The number of aliphatic hydroxyl groups is 2. The molecule has 1 aliphatic rings. The van der Waals surface area contributed by atoms with Gasteiger partial charge in [0.05, 0.1) is 12.2 Å². The zero-order valence-electron chi connectivity index (χ0n) is 7.74. The lowest BCUT2D eigenvalue weighted by atomic mass is 10.1. The average molecular weight is 240 g/mol. The molecule has 0 aromatic rings. The van der Waals surface area contributed by atoms with Crippen LogP contribution in [0.2, 0.25) is 0 Å². The fourth-order valence-corrected chi connectivity index (χ4v) is 2.43. The summed E-state index contributed by atoms with van der Waals surface area (Å²) in [6.45, 7) is 0.214. The fourth-order valence-electron chi connectivity index (χ4n) is 1.67. The van der Waals surface area contributed by atoms with Gasteiger partial charge in [-0.1, -0.05) is 0 Å². The van der Waals surface area contributed by atoms with Gasteiger partial charge in [-0.3, -0.25) is 4.21 Å². The quantitative estimate of drug-likeness (QED) is 0.425. The Hall–Kier alpha value is 0.340. The van der Waals surface area contributed by atoms with E-state index in [2.05, 4.69) is 12.6 Å². The van der Waals surface area contributed by atoms with E-state index >= 15 is 0 Å². The van der Waals surface area contributed by atoms with E-state index in [1.165, 1.54) is 7.05 Å². The molecule has 14 heavy (non-hydrogen) atoms. The molecule has 0 aromatic carbocycles. The Bertz CT molecular complexity index is 228. The summed E-state index contributed by atoms with van der Waals surface area (Å²) in [5.74, 6) is -0.240. The lowest BCUT2D eigenvalue weighted by Crippen LogP contribution is -2.35. The van der Waals surface area contributed by atoms with Crippen LogP contribution in [0.4, 0.5) is 0 Å². The van der Waals surface area contributed by atoms with Crippen molar-refractivity contribution in [3.05, 3.63) is 0 Å². The molecule has 2 N–H and O–H groups in total. The number of thiol groups is 1. The Morgan fingerprint density at radius 2 is 2.14 bits per heavy atom. The molecular formula is C7H14NO4S2-. The van der Waals surface area contributed by atoms with Crippen LogP contribution in [-0.2, 0) is 11.3 Å². The molecule has 0 aliphatic heterocycles. The number of nitrogens with zero attached hydrogens (tertiary/aromatic N) is 1. The van der Waals surface area contributed by atoms with Crippen LogP contribution in [0.25, 0.3) is 0 Å². The number of hydrogen-bond donors (Lipinski definition) is 3. The van der Waals surface area contributed by atoms with E-state index in [0.29, 0.717) is 6.42 Å².